The van der Waals surface area contributed by atoms with Crippen LogP contribution in [-0.2, 0) is 10.0 Å². The number of hydrogen-bond donors (Lipinski definition) is 1. The molecule has 0 aromatic heterocycles. The Morgan fingerprint density at radius 2 is 2.00 bits per heavy atom. The first-order valence-electron chi connectivity index (χ1n) is 6.43. The van der Waals surface area contributed by atoms with Gasteiger partial charge in [-0.3, -0.25) is 0 Å². The quantitative estimate of drug-likeness (QED) is 0.811. The summed E-state index contributed by atoms with van der Waals surface area (Å²) in [6, 6.07) is 0. The van der Waals surface area contributed by atoms with Crippen molar-refractivity contribution in [3.8, 4) is 0 Å². The number of nitrogens with zero attached hydrogens (tertiary/aromatic N) is 1. The van der Waals surface area contributed by atoms with Gasteiger partial charge in [-0.15, -0.1) is 0 Å². The third kappa shape index (κ3) is 2.13. The predicted molar refractivity (Wildman–Crippen MR) is 69.1 cm³/mol. The highest BCUT2D eigenvalue weighted by Gasteiger charge is 2.50. The number of hydrogen-bond acceptors (Lipinski definition) is 3. The molecule has 1 aliphatic heterocycles. The second kappa shape index (κ2) is 3.93. The van der Waals surface area contributed by atoms with Crippen LogP contribution in [0.1, 0.15) is 40.0 Å². The first-order valence-corrected chi connectivity index (χ1v) is 8.04. The van der Waals surface area contributed by atoms with E-state index < -0.39 is 10.0 Å². The van der Waals surface area contributed by atoms with Crippen LogP contribution in [0.5, 0.6) is 0 Å². The highest BCUT2D eigenvalue weighted by Crippen LogP contribution is 2.49. The fraction of sp³-hybridized carbons (Fsp3) is 1.00. The molecule has 0 spiro atoms. The lowest BCUT2D eigenvalue weighted by atomic mass is 9.72. The fourth-order valence-corrected chi connectivity index (χ4v) is 4.65. The predicted octanol–water partition coefficient (Wildman–Crippen LogP) is 1.18. The van der Waals surface area contributed by atoms with Gasteiger partial charge in [0.25, 0.3) is 0 Å². The molecule has 2 fully saturated rings. The maximum Gasteiger partial charge on any atom is 0.214 e. The smallest absolute Gasteiger partial charge is 0.214 e. The van der Waals surface area contributed by atoms with Crippen LogP contribution in [0.15, 0.2) is 0 Å². The molecule has 1 aliphatic carbocycles. The van der Waals surface area contributed by atoms with E-state index in [0.29, 0.717) is 24.8 Å². The first-order chi connectivity index (χ1) is 7.67. The van der Waals surface area contributed by atoms with Crippen molar-refractivity contribution in [3.05, 3.63) is 0 Å². The average molecular weight is 260 g/mol. The summed E-state index contributed by atoms with van der Waals surface area (Å²) in [6.45, 7) is 7.78. The van der Waals surface area contributed by atoms with E-state index in [4.69, 9.17) is 5.73 Å². The largest absolute Gasteiger partial charge is 0.325 e. The van der Waals surface area contributed by atoms with Crippen LogP contribution in [0.4, 0.5) is 0 Å². The van der Waals surface area contributed by atoms with Crippen molar-refractivity contribution in [2.24, 2.45) is 17.1 Å². The normalized spacial score (nSPS) is 40.8. The molecule has 1 saturated carbocycles. The van der Waals surface area contributed by atoms with Crippen molar-refractivity contribution >= 4 is 10.0 Å². The van der Waals surface area contributed by atoms with Gasteiger partial charge in [0.2, 0.25) is 10.0 Å². The zero-order valence-corrected chi connectivity index (χ0v) is 11.9. The van der Waals surface area contributed by atoms with Gasteiger partial charge < -0.3 is 5.73 Å². The Balaban J connectivity index is 2.11. The van der Waals surface area contributed by atoms with Crippen molar-refractivity contribution in [1.29, 1.82) is 0 Å². The molecule has 0 amide bonds. The second-order valence-electron chi connectivity index (χ2n) is 6.40. The number of sulfonamides is 1. The van der Waals surface area contributed by atoms with E-state index in [9.17, 15) is 8.42 Å². The third-order valence-corrected chi connectivity index (χ3v) is 7.05. The molecular formula is C12H24N2O2S. The summed E-state index contributed by atoms with van der Waals surface area (Å²) < 4.78 is 25.3. The van der Waals surface area contributed by atoms with Crippen LogP contribution < -0.4 is 5.73 Å². The van der Waals surface area contributed by atoms with Crippen LogP contribution in [0, 0.1) is 11.3 Å². The van der Waals surface area contributed by atoms with Gasteiger partial charge in [0.15, 0.2) is 0 Å². The molecule has 1 heterocycles. The molecule has 1 saturated heterocycles. The van der Waals surface area contributed by atoms with E-state index in [1.807, 2.05) is 0 Å². The van der Waals surface area contributed by atoms with Gasteiger partial charge in [0, 0.05) is 18.6 Å². The van der Waals surface area contributed by atoms with Crippen molar-refractivity contribution in [1.82, 2.24) is 4.31 Å². The molecule has 17 heavy (non-hydrogen) atoms. The molecule has 2 N–H and O–H groups in total. The van der Waals surface area contributed by atoms with E-state index >= 15 is 0 Å². The summed E-state index contributed by atoms with van der Waals surface area (Å²) in [7, 11) is -2.97. The minimum Gasteiger partial charge on any atom is -0.325 e. The van der Waals surface area contributed by atoms with Crippen LogP contribution in [-0.4, -0.2) is 37.1 Å². The molecule has 5 heteroatoms. The Kier molecular flexibility index (Phi) is 3.08. The van der Waals surface area contributed by atoms with Crippen LogP contribution in [0.3, 0.4) is 0 Å². The average Bonchev–Trinajstić information content (AvgIpc) is 2.59. The van der Waals surface area contributed by atoms with Gasteiger partial charge in [-0.25, -0.2) is 12.7 Å². The number of rotatable bonds is 2. The minimum absolute atomic E-state index is 0.00507. The van der Waals surface area contributed by atoms with E-state index in [1.165, 1.54) is 0 Å². The monoisotopic (exact) mass is 260 g/mol. The van der Waals surface area contributed by atoms with E-state index in [1.54, 1.807) is 4.31 Å². The van der Waals surface area contributed by atoms with Crippen LogP contribution in [0.2, 0.25) is 0 Å². The summed E-state index contributed by atoms with van der Waals surface area (Å²) >= 11 is 0. The van der Waals surface area contributed by atoms with Crippen molar-refractivity contribution in [3.63, 3.8) is 0 Å². The van der Waals surface area contributed by atoms with Gasteiger partial charge in [-0.05, 0) is 37.5 Å². The second-order valence-corrected chi connectivity index (χ2v) is 8.49. The lowest BCUT2D eigenvalue weighted by molar-refractivity contribution is 0.147. The Morgan fingerprint density at radius 3 is 2.41 bits per heavy atom. The van der Waals surface area contributed by atoms with Gasteiger partial charge in [0.1, 0.15) is 0 Å². The summed E-state index contributed by atoms with van der Waals surface area (Å²) in [5, 5.41) is 0. The van der Waals surface area contributed by atoms with Gasteiger partial charge in [-0.1, -0.05) is 13.8 Å². The van der Waals surface area contributed by atoms with Crippen molar-refractivity contribution in [2.75, 3.05) is 18.8 Å². The van der Waals surface area contributed by atoms with Crippen LogP contribution >= 0.6 is 0 Å². The molecule has 2 rings (SSSR count). The highest BCUT2D eigenvalue weighted by molar-refractivity contribution is 7.89. The SMILES string of the molecule is CC1(C)[C@@H](CN2CCCS2(=O)=O)CC[C@@]1(C)N. The summed E-state index contributed by atoms with van der Waals surface area (Å²) in [4.78, 5) is 0. The molecule has 0 aromatic carbocycles. The maximum absolute atomic E-state index is 11.8. The first kappa shape index (κ1) is 13.3. The summed E-state index contributed by atoms with van der Waals surface area (Å²) in [6.07, 6.45) is 2.79. The standard InChI is InChI=1S/C12H24N2O2S/c1-11(2)10(5-6-12(11,3)13)9-14-7-4-8-17(14,15)16/h10H,4-9,13H2,1-3H3/t10-,12-/m1/s1. The van der Waals surface area contributed by atoms with Crippen molar-refractivity contribution in [2.45, 2.75) is 45.6 Å². The molecule has 0 radical (unpaired) electrons. The Bertz CT molecular complexity index is 401. The van der Waals surface area contributed by atoms with E-state index in [2.05, 4.69) is 20.8 Å². The fourth-order valence-electron chi connectivity index (χ4n) is 3.09. The molecule has 0 bridgehead atoms. The molecule has 2 aliphatic rings. The molecular weight excluding hydrogens is 236 g/mol. The highest BCUT2D eigenvalue weighted by atomic mass is 32.2. The third-order valence-electron chi connectivity index (χ3n) is 5.13. The molecule has 100 valence electrons. The Hall–Kier alpha value is -0.130. The summed E-state index contributed by atoms with van der Waals surface area (Å²) in [5.74, 6) is 0.699. The minimum atomic E-state index is -2.97. The van der Waals surface area contributed by atoms with Crippen LogP contribution in [0.25, 0.3) is 0 Å². The van der Waals surface area contributed by atoms with Gasteiger partial charge in [0.05, 0.1) is 5.75 Å². The van der Waals surface area contributed by atoms with Crippen molar-refractivity contribution < 1.29 is 8.42 Å². The molecule has 0 unspecified atom stereocenters. The van der Waals surface area contributed by atoms with E-state index in [-0.39, 0.29) is 11.0 Å². The molecule has 2 atom stereocenters. The zero-order chi connectivity index (χ0) is 12.9. The number of nitrogens with two attached hydrogens (primary N) is 1. The van der Waals surface area contributed by atoms with E-state index in [0.717, 1.165) is 19.3 Å². The Labute approximate surface area is 105 Å². The van der Waals surface area contributed by atoms with Gasteiger partial charge in [-0.2, -0.15) is 0 Å². The Morgan fingerprint density at radius 1 is 1.35 bits per heavy atom. The zero-order valence-electron chi connectivity index (χ0n) is 11.1. The molecule has 0 aromatic rings. The lowest BCUT2D eigenvalue weighted by Gasteiger charge is -2.39. The summed E-state index contributed by atoms with van der Waals surface area (Å²) in [5.41, 5.74) is 6.15. The topological polar surface area (TPSA) is 63.4 Å². The maximum atomic E-state index is 11.8. The van der Waals surface area contributed by atoms with Gasteiger partial charge >= 0.3 is 0 Å². The molecule has 4 nitrogen and oxygen atoms in total. The lowest BCUT2D eigenvalue weighted by Crippen LogP contribution is -2.50.